The van der Waals surface area contributed by atoms with E-state index in [1.165, 1.54) is 74.1 Å². The molecular formula is C34H20S2. The molecule has 0 amide bonds. The second-order valence-electron chi connectivity index (χ2n) is 9.33. The van der Waals surface area contributed by atoms with Crippen LogP contribution in [0.15, 0.2) is 121 Å². The van der Waals surface area contributed by atoms with Crippen LogP contribution in [-0.2, 0) is 0 Å². The van der Waals surface area contributed by atoms with Crippen LogP contribution >= 0.6 is 22.7 Å². The number of rotatable bonds is 2. The van der Waals surface area contributed by atoms with Gasteiger partial charge in [-0.05, 0) is 84.9 Å². The zero-order chi connectivity index (χ0) is 23.6. The van der Waals surface area contributed by atoms with Crippen LogP contribution in [0.25, 0.3) is 74.1 Å². The van der Waals surface area contributed by atoms with Gasteiger partial charge in [0.15, 0.2) is 0 Å². The fourth-order valence-corrected chi connectivity index (χ4v) is 7.74. The molecule has 0 radical (unpaired) electrons. The van der Waals surface area contributed by atoms with Gasteiger partial charge in [0.1, 0.15) is 0 Å². The van der Waals surface area contributed by atoms with Gasteiger partial charge in [-0.2, -0.15) is 0 Å². The average Bonchev–Trinajstić information content (AvgIpc) is 3.54. The molecule has 0 aliphatic heterocycles. The molecule has 0 atom stereocenters. The zero-order valence-corrected chi connectivity index (χ0v) is 21.0. The Balaban J connectivity index is 1.49. The highest BCUT2D eigenvalue weighted by atomic mass is 32.1. The molecule has 0 bridgehead atoms. The van der Waals surface area contributed by atoms with Gasteiger partial charge in [-0.25, -0.2) is 0 Å². The van der Waals surface area contributed by atoms with Gasteiger partial charge in [0.05, 0.1) is 0 Å². The van der Waals surface area contributed by atoms with Crippen LogP contribution in [0.4, 0.5) is 0 Å². The fraction of sp³-hybridized carbons (Fsp3) is 0. The Bertz CT molecular complexity index is 2030. The standard InChI is InChI=1S/C34H20S2/c1-2-8-21(9-3-1)33-24-10-4-6-12-26(24)34(27-13-7-5-11-25(27)33)23-14-15-30-28(19-23)29-18-22-16-17-35-31(22)20-32(29)36-30/h1-20H. The van der Waals surface area contributed by atoms with Gasteiger partial charge in [-0.3, -0.25) is 0 Å². The third-order valence-electron chi connectivity index (χ3n) is 7.33. The predicted octanol–water partition coefficient (Wildman–Crippen LogP) is 10.9. The summed E-state index contributed by atoms with van der Waals surface area (Å²) in [6.45, 7) is 0. The van der Waals surface area contributed by atoms with Crippen molar-refractivity contribution in [2.24, 2.45) is 0 Å². The van der Waals surface area contributed by atoms with Crippen molar-refractivity contribution in [3.63, 3.8) is 0 Å². The van der Waals surface area contributed by atoms with Crippen LogP contribution < -0.4 is 0 Å². The molecular weight excluding hydrogens is 473 g/mol. The van der Waals surface area contributed by atoms with Gasteiger partial charge in [-0.15, -0.1) is 22.7 Å². The monoisotopic (exact) mass is 492 g/mol. The predicted molar refractivity (Wildman–Crippen MR) is 161 cm³/mol. The first-order valence-corrected chi connectivity index (χ1v) is 13.9. The number of thiophene rings is 2. The molecule has 36 heavy (non-hydrogen) atoms. The minimum Gasteiger partial charge on any atom is -0.144 e. The molecule has 2 heteroatoms. The van der Waals surface area contributed by atoms with E-state index in [0.717, 1.165) is 0 Å². The molecule has 0 aliphatic rings. The summed E-state index contributed by atoms with van der Waals surface area (Å²) < 4.78 is 4.08. The van der Waals surface area contributed by atoms with E-state index < -0.39 is 0 Å². The van der Waals surface area contributed by atoms with Gasteiger partial charge in [-0.1, -0.05) is 84.9 Å². The first kappa shape index (κ1) is 20.2. The summed E-state index contributed by atoms with van der Waals surface area (Å²) >= 11 is 3.72. The van der Waals surface area contributed by atoms with Crippen LogP contribution in [0.3, 0.4) is 0 Å². The van der Waals surface area contributed by atoms with Crippen molar-refractivity contribution in [1.29, 1.82) is 0 Å². The number of fused-ring (bicyclic) bond motifs is 6. The molecule has 0 fully saturated rings. The highest BCUT2D eigenvalue weighted by molar-refractivity contribution is 7.26. The first-order chi connectivity index (χ1) is 17.8. The molecule has 0 N–H and O–H groups in total. The largest absolute Gasteiger partial charge is 0.144 e. The third kappa shape index (κ3) is 2.92. The maximum Gasteiger partial charge on any atom is 0.0369 e. The van der Waals surface area contributed by atoms with Crippen LogP contribution in [0, 0.1) is 0 Å². The van der Waals surface area contributed by atoms with E-state index >= 15 is 0 Å². The van der Waals surface area contributed by atoms with E-state index in [-0.39, 0.29) is 0 Å². The second-order valence-corrected chi connectivity index (χ2v) is 11.4. The molecule has 168 valence electrons. The summed E-state index contributed by atoms with van der Waals surface area (Å²) in [5, 5.41) is 11.4. The lowest BCUT2D eigenvalue weighted by Gasteiger charge is -2.17. The van der Waals surface area contributed by atoms with E-state index in [1.807, 2.05) is 22.7 Å². The van der Waals surface area contributed by atoms with Crippen LogP contribution in [0.2, 0.25) is 0 Å². The van der Waals surface area contributed by atoms with Crippen LogP contribution in [-0.4, -0.2) is 0 Å². The maximum absolute atomic E-state index is 2.42. The average molecular weight is 493 g/mol. The van der Waals surface area contributed by atoms with Gasteiger partial charge in [0.2, 0.25) is 0 Å². The van der Waals surface area contributed by atoms with E-state index in [1.54, 1.807) is 0 Å². The third-order valence-corrected chi connectivity index (χ3v) is 9.34. The summed E-state index contributed by atoms with van der Waals surface area (Å²) in [6, 6.07) is 42.6. The minimum atomic E-state index is 1.26. The van der Waals surface area contributed by atoms with Crippen molar-refractivity contribution < 1.29 is 0 Å². The minimum absolute atomic E-state index is 1.26. The van der Waals surface area contributed by atoms with Gasteiger partial charge < -0.3 is 0 Å². The Morgan fingerprint density at radius 2 is 1.00 bits per heavy atom. The fourth-order valence-electron chi connectivity index (χ4n) is 5.74. The molecule has 0 saturated carbocycles. The maximum atomic E-state index is 2.42. The molecule has 0 saturated heterocycles. The van der Waals surface area contributed by atoms with E-state index in [2.05, 4.69) is 121 Å². The Kier molecular flexibility index (Phi) is 4.36. The summed E-state index contributed by atoms with van der Waals surface area (Å²) in [5.41, 5.74) is 5.17. The van der Waals surface area contributed by atoms with Gasteiger partial charge in [0.25, 0.3) is 0 Å². The summed E-state index contributed by atoms with van der Waals surface area (Å²) in [5.74, 6) is 0. The van der Waals surface area contributed by atoms with E-state index in [4.69, 9.17) is 0 Å². The topological polar surface area (TPSA) is 0 Å². The Morgan fingerprint density at radius 1 is 0.389 bits per heavy atom. The normalized spacial score (nSPS) is 11.9. The van der Waals surface area contributed by atoms with Gasteiger partial charge >= 0.3 is 0 Å². The Hall–Kier alpha value is -3.98. The zero-order valence-electron chi connectivity index (χ0n) is 19.4. The molecule has 0 aliphatic carbocycles. The summed E-state index contributed by atoms with van der Waals surface area (Å²) in [7, 11) is 0. The molecule has 2 aromatic heterocycles. The van der Waals surface area contributed by atoms with E-state index in [0.29, 0.717) is 0 Å². The summed E-state index contributed by atoms with van der Waals surface area (Å²) in [4.78, 5) is 0. The molecule has 6 aromatic carbocycles. The van der Waals surface area contributed by atoms with Crippen molar-refractivity contribution in [2.45, 2.75) is 0 Å². The van der Waals surface area contributed by atoms with Crippen molar-refractivity contribution in [3.05, 3.63) is 121 Å². The number of hydrogen-bond donors (Lipinski definition) is 0. The number of hydrogen-bond acceptors (Lipinski definition) is 2. The SMILES string of the molecule is c1ccc(-c2c3ccccc3c(-c3ccc4sc5cc6sccc6cc5c4c3)c3ccccc23)cc1. The lowest BCUT2D eigenvalue weighted by atomic mass is 9.86. The Morgan fingerprint density at radius 3 is 1.69 bits per heavy atom. The smallest absolute Gasteiger partial charge is 0.0369 e. The molecule has 8 rings (SSSR count). The summed E-state index contributed by atoms with van der Waals surface area (Å²) in [6.07, 6.45) is 0. The quantitative estimate of drug-likeness (QED) is 0.211. The molecule has 8 aromatic rings. The lowest BCUT2D eigenvalue weighted by molar-refractivity contribution is 1.66. The van der Waals surface area contributed by atoms with Crippen LogP contribution in [0.5, 0.6) is 0 Å². The second kappa shape index (κ2) is 7.76. The van der Waals surface area contributed by atoms with Crippen molar-refractivity contribution >= 4 is 74.5 Å². The molecule has 0 nitrogen and oxygen atoms in total. The highest BCUT2D eigenvalue weighted by Crippen LogP contribution is 2.45. The number of benzene rings is 6. The first-order valence-electron chi connectivity index (χ1n) is 12.2. The van der Waals surface area contributed by atoms with E-state index in [9.17, 15) is 0 Å². The molecule has 2 heterocycles. The van der Waals surface area contributed by atoms with Crippen molar-refractivity contribution in [3.8, 4) is 22.3 Å². The van der Waals surface area contributed by atoms with Crippen molar-refractivity contribution in [1.82, 2.24) is 0 Å². The molecule has 0 spiro atoms. The van der Waals surface area contributed by atoms with Crippen LogP contribution in [0.1, 0.15) is 0 Å². The lowest BCUT2D eigenvalue weighted by Crippen LogP contribution is -1.90. The highest BCUT2D eigenvalue weighted by Gasteiger charge is 2.17. The van der Waals surface area contributed by atoms with Gasteiger partial charge in [0, 0.05) is 24.9 Å². The van der Waals surface area contributed by atoms with Crippen molar-refractivity contribution in [2.75, 3.05) is 0 Å². The Labute approximate surface area is 216 Å². The molecule has 0 unspecified atom stereocenters.